The van der Waals surface area contributed by atoms with Crippen molar-refractivity contribution in [3.8, 4) is 0 Å². The first kappa shape index (κ1) is 15.2. The molecule has 2 N–H and O–H groups in total. The van der Waals surface area contributed by atoms with Crippen molar-refractivity contribution in [2.75, 3.05) is 18.1 Å². The van der Waals surface area contributed by atoms with Crippen molar-refractivity contribution in [1.82, 2.24) is 5.32 Å². The molecule has 0 atom stereocenters. The van der Waals surface area contributed by atoms with Crippen LogP contribution in [-0.4, -0.2) is 24.6 Å². The number of para-hydroxylation sites is 1. The van der Waals surface area contributed by atoms with Gasteiger partial charge in [-0.2, -0.15) is 0 Å². The van der Waals surface area contributed by atoms with E-state index in [2.05, 4.69) is 10.6 Å². The van der Waals surface area contributed by atoms with Crippen molar-refractivity contribution in [1.29, 1.82) is 0 Å². The number of thioether (sulfide) groups is 1. The molecular formula is C15H16N2O3S. The highest BCUT2D eigenvalue weighted by atomic mass is 32.2. The van der Waals surface area contributed by atoms with Gasteiger partial charge in [-0.3, -0.25) is 9.59 Å². The molecule has 0 spiro atoms. The Morgan fingerprint density at radius 2 is 2.00 bits per heavy atom. The molecular weight excluding hydrogens is 288 g/mol. The molecule has 110 valence electrons. The monoisotopic (exact) mass is 304 g/mol. The van der Waals surface area contributed by atoms with Crippen LogP contribution in [0.5, 0.6) is 0 Å². The molecule has 1 aromatic carbocycles. The van der Waals surface area contributed by atoms with Crippen LogP contribution in [-0.2, 0) is 4.79 Å². The van der Waals surface area contributed by atoms with Gasteiger partial charge in [-0.15, -0.1) is 11.8 Å². The number of carbonyl (C=O) groups is 2. The smallest absolute Gasteiger partial charge is 0.286 e. The predicted octanol–water partition coefficient (Wildman–Crippen LogP) is 2.76. The van der Waals surface area contributed by atoms with Gasteiger partial charge < -0.3 is 15.1 Å². The van der Waals surface area contributed by atoms with E-state index in [1.54, 1.807) is 23.9 Å². The summed E-state index contributed by atoms with van der Waals surface area (Å²) >= 11 is 1.57. The summed E-state index contributed by atoms with van der Waals surface area (Å²) in [5, 5.41) is 5.47. The Kier molecular flexibility index (Phi) is 5.45. The van der Waals surface area contributed by atoms with E-state index < -0.39 is 0 Å². The van der Waals surface area contributed by atoms with E-state index in [-0.39, 0.29) is 30.5 Å². The number of hydrogen-bond acceptors (Lipinski definition) is 4. The van der Waals surface area contributed by atoms with Gasteiger partial charge in [0.2, 0.25) is 5.91 Å². The standard InChI is InChI=1S/C15H16N2O3S/c1-21-13-7-3-2-5-11(13)17-14(18)8-9-16-15(19)12-6-4-10-20-12/h2-7,10H,8-9H2,1H3,(H,16,19)(H,17,18). The van der Waals surface area contributed by atoms with E-state index in [9.17, 15) is 9.59 Å². The molecule has 2 rings (SSSR count). The molecule has 2 aromatic rings. The highest BCUT2D eigenvalue weighted by molar-refractivity contribution is 7.98. The zero-order valence-corrected chi connectivity index (χ0v) is 12.4. The Bertz CT molecular complexity index is 611. The number of rotatable bonds is 6. The summed E-state index contributed by atoms with van der Waals surface area (Å²) in [4.78, 5) is 24.5. The number of nitrogens with one attached hydrogen (secondary N) is 2. The molecule has 0 saturated carbocycles. The first-order valence-electron chi connectivity index (χ1n) is 6.45. The average molecular weight is 304 g/mol. The highest BCUT2D eigenvalue weighted by Gasteiger charge is 2.09. The molecule has 0 bridgehead atoms. The van der Waals surface area contributed by atoms with Gasteiger partial charge in [-0.05, 0) is 30.5 Å². The number of benzene rings is 1. The first-order valence-corrected chi connectivity index (χ1v) is 7.67. The molecule has 2 amide bonds. The summed E-state index contributed by atoms with van der Waals surface area (Å²) in [6.45, 7) is 0.257. The second-order valence-corrected chi connectivity index (χ2v) is 5.08. The Morgan fingerprint density at radius 3 is 2.71 bits per heavy atom. The minimum absolute atomic E-state index is 0.142. The van der Waals surface area contributed by atoms with Crippen molar-refractivity contribution in [2.45, 2.75) is 11.3 Å². The second-order valence-electron chi connectivity index (χ2n) is 4.23. The van der Waals surface area contributed by atoms with Crippen LogP contribution < -0.4 is 10.6 Å². The van der Waals surface area contributed by atoms with Crippen LogP contribution in [0.15, 0.2) is 52.0 Å². The van der Waals surface area contributed by atoms with Gasteiger partial charge >= 0.3 is 0 Å². The molecule has 6 heteroatoms. The van der Waals surface area contributed by atoms with E-state index in [0.717, 1.165) is 10.6 Å². The van der Waals surface area contributed by atoms with Gasteiger partial charge in [-0.1, -0.05) is 12.1 Å². The number of furan rings is 1. The summed E-state index contributed by atoms with van der Waals surface area (Å²) in [6.07, 6.45) is 3.59. The van der Waals surface area contributed by atoms with Gasteiger partial charge in [0.1, 0.15) is 0 Å². The Hall–Kier alpha value is -2.21. The SMILES string of the molecule is CSc1ccccc1NC(=O)CCNC(=O)c1ccco1. The maximum absolute atomic E-state index is 11.9. The van der Waals surface area contributed by atoms with E-state index in [1.807, 2.05) is 30.5 Å². The van der Waals surface area contributed by atoms with E-state index >= 15 is 0 Å². The third kappa shape index (κ3) is 4.39. The molecule has 0 aliphatic heterocycles. The van der Waals surface area contributed by atoms with Crippen LogP contribution in [0.1, 0.15) is 17.0 Å². The summed E-state index contributed by atoms with van der Waals surface area (Å²) in [6, 6.07) is 10.8. The molecule has 1 aromatic heterocycles. The molecule has 0 saturated heterocycles. The van der Waals surface area contributed by atoms with Gasteiger partial charge in [0, 0.05) is 17.9 Å². The summed E-state index contributed by atoms with van der Waals surface area (Å²) in [5.74, 6) is -0.225. The third-order valence-electron chi connectivity index (χ3n) is 2.76. The minimum atomic E-state index is -0.322. The van der Waals surface area contributed by atoms with E-state index in [1.165, 1.54) is 6.26 Å². The van der Waals surface area contributed by atoms with Gasteiger partial charge in [0.05, 0.1) is 12.0 Å². The van der Waals surface area contributed by atoms with Gasteiger partial charge in [-0.25, -0.2) is 0 Å². The number of hydrogen-bond donors (Lipinski definition) is 2. The Labute approximate surface area is 127 Å². The summed E-state index contributed by atoms with van der Waals surface area (Å²) < 4.78 is 4.96. The van der Waals surface area contributed by atoms with Crippen LogP contribution >= 0.6 is 11.8 Å². The van der Waals surface area contributed by atoms with E-state index in [0.29, 0.717) is 0 Å². The lowest BCUT2D eigenvalue weighted by molar-refractivity contribution is -0.116. The molecule has 0 unspecified atom stereocenters. The van der Waals surface area contributed by atoms with Crippen LogP contribution in [0.25, 0.3) is 0 Å². The maximum Gasteiger partial charge on any atom is 0.286 e. The zero-order valence-electron chi connectivity index (χ0n) is 11.6. The average Bonchev–Trinajstić information content (AvgIpc) is 3.02. The van der Waals surface area contributed by atoms with Crippen molar-refractivity contribution in [2.24, 2.45) is 0 Å². The second kappa shape index (κ2) is 7.54. The van der Waals surface area contributed by atoms with Crippen LogP contribution in [0.2, 0.25) is 0 Å². The quantitative estimate of drug-likeness (QED) is 0.805. The lowest BCUT2D eigenvalue weighted by atomic mass is 10.3. The van der Waals surface area contributed by atoms with Crippen molar-refractivity contribution >= 4 is 29.3 Å². The van der Waals surface area contributed by atoms with Crippen LogP contribution in [0, 0.1) is 0 Å². The maximum atomic E-state index is 11.9. The fourth-order valence-electron chi connectivity index (χ4n) is 1.75. The highest BCUT2D eigenvalue weighted by Crippen LogP contribution is 2.24. The largest absolute Gasteiger partial charge is 0.459 e. The van der Waals surface area contributed by atoms with Crippen molar-refractivity contribution < 1.29 is 14.0 Å². The predicted molar refractivity (Wildman–Crippen MR) is 82.5 cm³/mol. The topological polar surface area (TPSA) is 71.3 Å². The third-order valence-corrected chi connectivity index (χ3v) is 3.56. The lowest BCUT2D eigenvalue weighted by Gasteiger charge is -2.09. The fraction of sp³-hybridized carbons (Fsp3) is 0.200. The van der Waals surface area contributed by atoms with Crippen molar-refractivity contribution in [3.05, 3.63) is 48.4 Å². The summed E-state index contributed by atoms with van der Waals surface area (Å²) in [7, 11) is 0. The van der Waals surface area contributed by atoms with Crippen LogP contribution in [0.4, 0.5) is 5.69 Å². The fourth-order valence-corrected chi connectivity index (χ4v) is 2.30. The van der Waals surface area contributed by atoms with Crippen LogP contribution in [0.3, 0.4) is 0 Å². The first-order chi connectivity index (χ1) is 10.2. The van der Waals surface area contributed by atoms with Crippen molar-refractivity contribution in [3.63, 3.8) is 0 Å². The molecule has 0 radical (unpaired) electrons. The minimum Gasteiger partial charge on any atom is -0.459 e. The van der Waals surface area contributed by atoms with Gasteiger partial charge in [0.15, 0.2) is 5.76 Å². The molecule has 1 heterocycles. The van der Waals surface area contributed by atoms with E-state index in [4.69, 9.17) is 4.42 Å². The zero-order chi connectivity index (χ0) is 15.1. The Morgan fingerprint density at radius 1 is 1.19 bits per heavy atom. The molecule has 0 fully saturated rings. The molecule has 0 aliphatic rings. The Balaban J connectivity index is 1.79. The lowest BCUT2D eigenvalue weighted by Crippen LogP contribution is -2.27. The number of carbonyl (C=O) groups excluding carboxylic acids is 2. The molecule has 0 aliphatic carbocycles. The normalized spacial score (nSPS) is 10.1. The molecule has 5 nitrogen and oxygen atoms in total. The number of amides is 2. The number of anilines is 1. The summed E-state index contributed by atoms with van der Waals surface area (Å²) in [5.41, 5.74) is 0.785. The molecule has 21 heavy (non-hydrogen) atoms. The van der Waals surface area contributed by atoms with Gasteiger partial charge in [0.25, 0.3) is 5.91 Å².